The fourth-order valence-corrected chi connectivity index (χ4v) is 5.36. The van der Waals surface area contributed by atoms with Crippen molar-refractivity contribution in [3.63, 3.8) is 0 Å². The van der Waals surface area contributed by atoms with E-state index in [4.69, 9.17) is 24.7 Å². The van der Waals surface area contributed by atoms with E-state index in [2.05, 4.69) is 0 Å². The number of rotatable bonds is 4. The fourth-order valence-electron chi connectivity index (χ4n) is 5.36. The lowest BCUT2D eigenvalue weighted by Gasteiger charge is -2.26. The number of esters is 4. The van der Waals surface area contributed by atoms with Crippen LogP contribution in [0.5, 0.6) is 0 Å². The van der Waals surface area contributed by atoms with Crippen molar-refractivity contribution in [1.29, 1.82) is 0 Å². The van der Waals surface area contributed by atoms with Gasteiger partial charge in [-0.05, 0) is 30.9 Å². The van der Waals surface area contributed by atoms with E-state index in [1.165, 1.54) is 0 Å². The average molecular weight is 449 g/mol. The van der Waals surface area contributed by atoms with Gasteiger partial charge in [0.2, 0.25) is 0 Å². The van der Waals surface area contributed by atoms with Gasteiger partial charge in [0.1, 0.15) is 5.54 Å². The number of carbonyl (C=O) groups is 4. The first-order chi connectivity index (χ1) is 15.9. The van der Waals surface area contributed by atoms with E-state index in [0.717, 1.165) is 0 Å². The van der Waals surface area contributed by atoms with Gasteiger partial charge in [0, 0.05) is 17.0 Å². The lowest BCUT2D eigenvalue weighted by molar-refractivity contribution is -0.176. The first-order valence-corrected chi connectivity index (χ1v) is 10.7. The van der Waals surface area contributed by atoms with Crippen LogP contribution in [-0.4, -0.2) is 29.4 Å². The molecule has 2 saturated carbocycles. The molecule has 2 fully saturated rings. The van der Waals surface area contributed by atoms with E-state index in [-0.39, 0.29) is 5.92 Å². The number of hydrogen-bond acceptors (Lipinski definition) is 9. The molecule has 33 heavy (non-hydrogen) atoms. The van der Waals surface area contributed by atoms with E-state index in [9.17, 15) is 19.2 Å². The highest BCUT2D eigenvalue weighted by Gasteiger charge is 2.71. The zero-order valence-electron chi connectivity index (χ0n) is 17.3. The number of ether oxygens (including phenoxy) is 4. The quantitative estimate of drug-likeness (QED) is 0.698. The smallest absolute Gasteiger partial charge is 0.342 e. The van der Waals surface area contributed by atoms with Crippen molar-refractivity contribution in [2.75, 3.05) is 0 Å². The molecule has 168 valence electrons. The highest BCUT2D eigenvalue weighted by Crippen LogP contribution is 2.62. The molecule has 2 N–H and O–H groups in total. The summed E-state index contributed by atoms with van der Waals surface area (Å²) in [5.74, 6) is -3.60. The zero-order valence-corrected chi connectivity index (χ0v) is 17.3. The number of carbonyl (C=O) groups excluding carboxylic acids is 4. The van der Waals surface area contributed by atoms with Gasteiger partial charge in [0.15, 0.2) is 0 Å². The van der Waals surface area contributed by atoms with Crippen LogP contribution in [0.25, 0.3) is 0 Å². The molecule has 9 nitrogen and oxygen atoms in total. The van der Waals surface area contributed by atoms with Crippen molar-refractivity contribution in [3.8, 4) is 0 Å². The maximum atomic E-state index is 13.0. The zero-order chi connectivity index (χ0) is 22.9. The maximum absolute atomic E-state index is 13.0. The third-order valence-electron chi connectivity index (χ3n) is 7.04. The Morgan fingerprint density at radius 2 is 1.42 bits per heavy atom. The monoisotopic (exact) mass is 449 g/mol. The summed E-state index contributed by atoms with van der Waals surface area (Å²) in [6.45, 7) is 0. The van der Waals surface area contributed by atoms with Crippen LogP contribution in [0.15, 0.2) is 48.5 Å². The molecule has 6 rings (SSSR count). The largest absolute Gasteiger partial charge is 0.420 e. The highest BCUT2D eigenvalue weighted by atomic mass is 16.7. The molecule has 0 spiro atoms. The highest BCUT2D eigenvalue weighted by molar-refractivity contribution is 5.95. The van der Waals surface area contributed by atoms with Gasteiger partial charge in [-0.3, -0.25) is 4.79 Å². The van der Waals surface area contributed by atoms with Gasteiger partial charge >= 0.3 is 23.9 Å². The summed E-state index contributed by atoms with van der Waals surface area (Å²) in [6.07, 6.45) is -1.39. The predicted octanol–water partition coefficient (Wildman–Crippen LogP) is 2.16. The SMILES string of the molecule is N[C@@]1(C(=O)OC2OC(=O)c3ccccc32)CC[C@H]2[C@H](C(=O)OC3OC(=O)c4ccccc43)[C@H]21. The Labute approximate surface area is 187 Å². The number of benzene rings is 2. The lowest BCUT2D eigenvalue weighted by Crippen LogP contribution is -2.51. The molecule has 9 heteroatoms. The lowest BCUT2D eigenvalue weighted by atomic mass is 9.91. The van der Waals surface area contributed by atoms with Gasteiger partial charge in [-0.1, -0.05) is 36.4 Å². The third-order valence-corrected chi connectivity index (χ3v) is 7.04. The molecule has 6 atom stereocenters. The second-order valence-electron chi connectivity index (χ2n) is 8.79. The molecule has 2 aromatic rings. The molecule has 2 heterocycles. The van der Waals surface area contributed by atoms with Gasteiger partial charge in [-0.15, -0.1) is 0 Å². The van der Waals surface area contributed by atoms with E-state index in [0.29, 0.717) is 35.1 Å². The van der Waals surface area contributed by atoms with Crippen molar-refractivity contribution < 1.29 is 38.1 Å². The van der Waals surface area contributed by atoms with Crippen LogP contribution in [0.2, 0.25) is 0 Å². The van der Waals surface area contributed by atoms with Crippen LogP contribution in [0.3, 0.4) is 0 Å². The van der Waals surface area contributed by atoms with E-state index < -0.39 is 53.8 Å². The molecule has 0 radical (unpaired) electrons. The van der Waals surface area contributed by atoms with Crippen LogP contribution >= 0.6 is 0 Å². The minimum atomic E-state index is -1.40. The van der Waals surface area contributed by atoms with Gasteiger partial charge in [0.05, 0.1) is 17.0 Å². The number of nitrogens with two attached hydrogens (primary N) is 1. The molecule has 0 aromatic heterocycles. The fraction of sp³-hybridized carbons (Fsp3) is 0.333. The van der Waals surface area contributed by atoms with E-state index in [1.54, 1.807) is 48.5 Å². The Bertz CT molecular complexity index is 1220. The van der Waals surface area contributed by atoms with Crippen molar-refractivity contribution >= 4 is 23.9 Å². The molecular formula is C24H19NO8. The van der Waals surface area contributed by atoms with Crippen molar-refractivity contribution in [1.82, 2.24) is 0 Å². The van der Waals surface area contributed by atoms with Crippen molar-refractivity contribution in [3.05, 3.63) is 70.8 Å². The van der Waals surface area contributed by atoms with Crippen LogP contribution in [0.1, 0.15) is 57.3 Å². The first-order valence-electron chi connectivity index (χ1n) is 10.7. The van der Waals surface area contributed by atoms with E-state index >= 15 is 0 Å². The van der Waals surface area contributed by atoms with Crippen LogP contribution in [0.4, 0.5) is 0 Å². The number of hydrogen-bond donors (Lipinski definition) is 1. The minimum absolute atomic E-state index is 0.124. The summed E-state index contributed by atoms with van der Waals surface area (Å²) in [7, 11) is 0. The molecule has 0 saturated heterocycles. The Hall–Kier alpha value is -3.72. The summed E-state index contributed by atoms with van der Waals surface area (Å²) in [5, 5.41) is 0. The van der Waals surface area contributed by atoms with Crippen LogP contribution in [-0.2, 0) is 28.5 Å². The van der Waals surface area contributed by atoms with Gasteiger partial charge in [0.25, 0.3) is 12.6 Å². The number of fused-ring (bicyclic) bond motifs is 3. The number of cyclic esters (lactones) is 2. The topological polar surface area (TPSA) is 131 Å². The van der Waals surface area contributed by atoms with Crippen molar-refractivity contribution in [2.24, 2.45) is 23.5 Å². The molecule has 2 aromatic carbocycles. The second-order valence-corrected chi connectivity index (χ2v) is 8.79. The molecular weight excluding hydrogens is 430 g/mol. The van der Waals surface area contributed by atoms with Gasteiger partial charge < -0.3 is 24.7 Å². The Balaban J connectivity index is 1.15. The Kier molecular flexibility index (Phi) is 4.16. The van der Waals surface area contributed by atoms with E-state index in [1.807, 2.05) is 0 Å². The van der Waals surface area contributed by atoms with Crippen LogP contribution in [0, 0.1) is 17.8 Å². The summed E-state index contributed by atoms with van der Waals surface area (Å²) >= 11 is 0. The summed E-state index contributed by atoms with van der Waals surface area (Å²) < 4.78 is 21.3. The summed E-state index contributed by atoms with van der Waals surface area (Å²) in [4.78, 5) is 49.9. The van der Waals surface area contributed by atoms with Gasteiger partial charge in [-0.2, -0.15) is 0 Å². The maximum Gasteiger partial charge on any atom is 0.342 e. The standard InChI is InChI=1S/C24H19NO8/c25-24(23(29)33-22-14-8-4-2-6-12(14)19(27)31-22)10-9-15-16(17(15)24)20(28)32-21-13-7-3-1-5-11(13)18(26)30-21/h1-8,15-17,21-22H,9-10,25H2/t15-,16-,17-,21?,22?,24-/m0/s1. The van der Waals surface area contributed by atoms with Crippen molar-refractivity contribution in [2.45, 2.75) is 31.0 Å². The third kappa shape index (κ3) is 2.88. The molecule has 0 amide bonds. The Morgan fingerprint density at radius 3 is 2.03 bits per heavy atom. The predicted molar refractivity (Wildman–Crippen MR) is 108 cm³/mol. The van der Waals surface area contributed by atoms with Gasteiger partial charge in [-0.25, -0.2) is 14.4 Å². The molecule has 4 aliphatic rings. The van der Waals surface area contributed by atoms with Crippen LogP contribution < -0.4 is 5.73 Å². The Morgan fingerprint density at radius 1 is 0.879 bits per heavy atom. The first kappa shape index (κ1) is 19.9. The molecule has 2 aliphatic carbocycles. The molecule has 2 unspecified atom stereocenters. The summed E-state index contributed by atoms with van der Waals surface area (Å²) in [6, 6.07) is 13.3. The minimum Gasteiger partial charge on any atom is -0.420 e. The summed E-state index contributed by atoms with van der Waals surface area (Å²) in [5.41, 5.74) is 6.69. The average Bonchev–Trinajstić information content (AvgIpc) is 3.18. The molecule has 0 bridgehead atoms. The second kappa shape index (κ2) is 6.89. The molecule has 2 aliphatic heterocycles. The normalized spacial score (nSPS) is 32.8.